The van der Waals surface area contributed by atoms with E-state index in [-0.39, 0.29) is 18.7 Å². The summed E-state index contributed by atoms with van der Waals surface area (Å²) in [6.45, 7) is 5.20. The van der Waals surface area contributed by atoms with E-state index in [4.69, 9.17) is 10.5 Å². The van der Waals surface area contributed by atoms with Crippen molar-refractivity contribution < 1.29 is 14.3 Å². The number of rotatable bonds is 4. The molecule has 0 radical (unpaired) electrons. The van der Waals surface area contributed by atoms with Gasteiger partial charge in [0.15, 0.2) is 5.78 Å². The molecule has 0 spiro atoms. The zero-order valence-corrected chi connectivity index (χ0v) is 13.4. The van der Waals surface area contributed by atoms with Gasteiger partial charge in [-0.2, -0.15) is 0 Å². The average Bonchev–Trinajstić information content (AvgIpc) is 2.28. The number of carbonyl (C=O) groups excluding carboxylic acids is 2. The van der Waals surface area contributed by atoms with E-state index in [1.807, 2.05) is 6.07 Å². The highest BCUT2D eigenvalue weighted by Gasteiger charge is 2.16. The molecule has 0 aliphatic rings. The highest BCUT2D eigenvalue weighted by Crippen LogP contribution is 2.19. The molecular formula is C14H19BrN2O3. The molecule has 0 unspecified atom stereocenters. The third-order valence-electron chi connectivity index (χ3n) is 2.32. The summed E-state index contributed by atoms with van der Waals surface area (Å²) >= 11 is 3.30. The van der Waals surface area contributed by atoms with Crippen LogP contribution in [0.3, 0.4) is 0 Å². The summed E-state index contributed by atoms with van der Waals surface area (Å²) in [5.41, 5.74) is 6.52. The first-order valence-electron chi connectivity index (χ1n) is 6.20. The molecule has 1 rings (SSSR count). The first-order valence-corrected chi connectivity index (χ1v) is 6.99. The van der Waals surface area contributed by atoms with E-state index in [1.54, 1.807) is 32.9 Å². The van der Waals surface area contributed by atoms with Gasteiger partial charge in [-0.25, -0.2) is 4.79 Å². The molecular weight excluding hydrogens is 324 g/mol. The molecule has 0 aliphatic carbocycles. The lowest BCUT2D eigenvalue weighted by Gasteiger charge is -2.19. The van der Waals surface area contributed by atoms with Crippen molar-refractivity contribution in [3.8, 4) is 0 Å². The van der Waals surface area contributed by atoms with E-state index in [9.17, 15) is 9.59 Å². The summed E-state index contributed by atoms with van der Waals surface area (Å²) in [6.07, 6.45) is -0.427. The van der Waals surface area contributed by atoms with Crippen LogP contribution in [0, 0.1) is 0 Å². The molecule has 0 fully saturated rings. The van der Waals surface area contributed by atoms with Crippen LogP contribution < -0.4 is 11.1 Å². The predicted molar refractivity (Wildman–Crippen MR) is 81.5 cm³/mol. The van der Waals surface area contributed by atoms with Crippen molar-refractivity contribution in [3.05, 3.63) is 28.2 Å². The summed E-state index contributed by atoms with van der Waals surface area (Å²) < 4.78 is 5.90. The summed E-state index contributed by atoms with van der Waals surface area (Å²) in [5.74, 6) is -0.134. The van der Waals surface area contributed by atoms with Crippen LogP contribution in [-0.4, -0.2) is 24.0 Å². The monoisotopic (exact) mass is 342 g/mol. The molecule has 0 saturated carbocycles. The second-order valence-corrected chi connectivity index (χ2v) is 6.33. The number of amides is 1. The Labute approximate surface area is 127 Å². The molecule has 1 aromatic rings. The Bertz CT molecular complexity index is 510. The highest BCUT2D eigenvalue weighted by molar-refractivity contribution is 9.10. The predicted octanol–water partition coefficient (Wildman–Crippen LogP) is 2.67. The van der Waals surface area contributed by atoms with E-state index in [0.717, 1.165) is 10.0 Å². The summed E-state index contributed by atoms with van der Waals surface area (Å²) in [5, 5.41) is 2.43. The number of nitrogen functional groups attached to an aromatic ring is 1. The number of halogens is 1. The van der Waals surface area contributed by atoms with Crippen LogP contribution in [0.1, 0.15) is 26.3 Å². The Kier molecular flexibility index (Phi) is 5.56. The fraction of sp³-hybridized carbons (Fsp3) is 0.429. The van der Waals surface area contributed by atoms with Crippen LogP contribution in [0.4, 0.5) is 10.5 Å². The topological polar surface area (TPSA) is 81.4 Å². The van der Waals surface area contributed by atoms with Crippen LogP contribution in [0.2, 0.25) is 0 Å². The largest absolute Gasteiger partial charge is 0.444 e. The molecule has 6 heteroatoms. The Morgan fingerprint density at radius 2 is 2.00 bits per heavy atom. The van der Waals surface area contributed by atoms with Crippen LogP contribution in [0.25, 0.3) is 0 Å². The molecule has 110 valence electrons. The number of hydrogen-bond acceptors (Lipinski definition) is 4. The first-order chi connectivity index (χ1) is 9.17. The highest BCUT2D eigenvalue weighted by atomic mass is 79.9. The average molecular weight is 343 g/mol. The van der Waals surface area contributed by atoms with Crippen molar-refractivity contribution >= 4 is 33.5 Å². The molecule has 1 aromatic carbocycles. The number of ketones is 1. The van der Waals surface area contributed by atoms with Crippen molar-refractivity contribution in [2.24, 2.45) is 0 Å². The molecule has 0 atom stereocenters. The van der Waals surface area contributed by atoms with Gasteiger partial charge in [0.25, 0.3) is 0 Å². The quantitative estimate of drug-likeness (QED) is 0.824. The molecule has 0 aromatic heterocycles. The summed E-state index contributed by atoms with van der Waals surface area (Å²) in [6, 6.07) is 5.34. The molecule has 20 heavy (non-hydrogen) atoms. The van der Waals surface area contributed by atoms with Gasteiger partial charge in [0, 0.05) is 16.6 Å². The fourth-order valence-corrected chi connectivity index (χ4v) is 1.87. The molecule has 0 heterocycles. The van der Waals surface area contributed by atoms with Crippen molar-refractivity contribution in [1.82, 2.24) is 5.32 Å². The second kappa shape index (κ2) is 6.74. The minimum atomic E-state index is -0.602. The number of nitrogens with one attached hydrogen (secondary N) is 1. The number of hydrogen-bond donors (Lipinski definition) is 2. The van der Waals surface area contributed by atoms with E-state index < -0.39 is 11.7 Å². The van der Waals surface area contributed by atoms with Crippen LogP contribution in [0.5, 0.6) is 0 Å². The van der Waals surface area contributed by atoms with Crippen molar-refractivity contribution in [2.45, 2.75) is 32.8 Å². The maximum Gasteiger partial charge on any atom is 0.408 e. The number of nitrogens with two attached hydrogens (primary N) is 1. The lowest BCUT2D eigenvalue weighted by molar-refractivity contribution is -0.117. The molecule has 1 amide bonds. The maximum absolute atomic E-state index is 11.8. The molecule has 3 N–H and O–H groups in total. The van der Waals surface area contributed by atoms with Gasteiger partial charge in [0.2, 0.25) is 0 Å². The third-order valence-corrected chi connectivity index (χ3v) is 2.82. The van der Waals surface area contributed by atoms with E-state index >= 15 is 0 Å². The number of ether oxygens (including phenoxy) is 1. The minimum Gasteiger partial charge on any atom is -0.444 e. The smallest absolute Gasteiger partial charge is 0.408 e. The van der Waals surface area contributed by atoms with Crippen molar-refractivity contribution in [3.63, 3.8) is 0 Å². The van der Waals surface area contributed by atoms with Crippen LogP contribution in [0.15, 0.2) is 22.7 Å². The lowest BCUT2D eigenvalue weighted by atomic mass is 10.1. The minimum absolute atomic E-state index is 0.0790. The standard InChI is InChI=1S/C14H19BrN2O3/c1-14(2,3)20-13(19)17-8-11(18)6-9-4-5-10(15)7-12(9)16/h4-5,7H,6,8,16H2,1-3H3,(H,17,19). The van der Waals surface area contributed by atoms with Gasteiger partial charge in [-0.05, 0) is 38.5 Å². The Balaban J connectivity index is 2.46. The maximum atomic E-state index is 11.8. The lowest BCUT2D eigenvalue weighted by Crippen LogP contribution is -2.35. The van der Waals surface area contributed by atoms with E-state index in [1.165, 1.54) is 0 Å². The summed E-state index contributed by atoms with van der Waals surface area (Å²) in [7, 11) is 0. The third kappa shape index (κ3) is 6.06. The van der Waals surface area contributed by atoms with Gasteiger partial charge in [-0.15, -0.1) is 0 Å². The molecule has 0 aliphatic heterocycles. The van der Waals surface area contributed by atoms with Crippen molar-refractivity contribution in [1.29, 1.82) is 0 Å². The first kappa shape index (κ1) is 16.5. The van der Waals surface area contributed by atoms with Gasteiger partial charge in [0.05, 0.1) is 6.54 Å². The number of benzene rings is 1. The molecule has 0 saturated heterocycles. The number of carbonyl (C=O) groups is 2. The second-order valence-electron chi connectivity index (χ2n) is 5.41. The van der Waals surface area contributed by atoms with Crippen LogP contribution in [-0.2, 0) is 16.0 Å². The zero-order valence-electron chi connectivity index (χ0n) is 11.8. The molecule has 5 nitrogen and oxygen atoms in total. The fourth-order valence-electron chi connectivity index (χ4n) is 1.49. The van der Waals surface area contributed by atoms with E-state index in [2.05, 4.69) is 21.2 Å². The number of anilines is 1. The number of alkyl carbamates (subject to hydrolysis) is 1. The number of Topliss-reactive ketones (excluding diaryl/α,β-unsaturated/α-hetero) is 1. The SMILES string of the molecule is CC(C)(C)OC(=O)NCC(=O)Cc1ccc(Br)cc1N. The normalized spacial score (nSPS) is 11.0. The van der Waals surface area contributed by atoms with Gasteiger partial charge in [-0.1, -0.05) is 22.0 Å². The Morgan fingerprint density at radius 3 is 2.55 bits per heavy atom. The van der Waals surface area contributed by atoms with Gasteiger partial charge in [0.1, 0.15) is 5.60 Å². The van der Waals surface area contributed by atoms with Gasteiger partial charge in [-0.3, -0.25) is 4.79 Å². The van der Waals surface area contributed by atoms with Gasteiger partial charge < -0.3 is 15.8 Å². The van der Waals surface area contributed by atoms with Gasteiger partial charge >= 0.3 is 6.09 Å². The Morgan fingerprint density at radius 1 is 1.35 bits per heavy atom. The van der Waals surface area contributed by atoms with Crippen molar-refractivity contribution in [2.75, 3.05) is 12.3 Å². The summed E-state index contributed by atoms with van der Waals surface area (Å²) in [4.78, 5) is 23.2. The molecule has 0 bridgehead atoms. The Hall–Kier alpha value is -1.56. The van der Waals surface area contributed by atoms with E-state index in [0.29, 0.717) is 5.69 Å². The van der Waals surface area contributed by atoms with Crippen LogP contribution >= 0.6 is 15.9 Å². The zero-order chi connectivity index (χ0) is 15.3.